The Morgan fingerprint density at radius 3 is 2.96 bits per heavy atom. The van der Waals surface area contributed by atoms with Crippen LogP contribution in [0.3, 0.4) is 0 Å². The Morgan fingerprint density at radius 1 is 1.36 bits per heavy atom. The summed E-state index contributed by atoms with van der Waals surface area (Å²) >= 11 is 0. The molecule has 1 N–H and O–H groups in total. The molecule has 8 nitrogen and oxygen atoms in total. The highest BCUT2D eigenvalue weighted by Crippen LogP contribution is 2.35. The molecule has 0 aliphatic carbocycles. The number of ether oxygens (including phenoxy) is 1. The van der Waals surface area contributed by atoms with E-state index in [-0.39, 0.29) is 11.6 Å². The molecule has 1 aliphatic heterocycles. The lowest BCUT2D eigenvalue weighted by molar-refractivity contribution is 0.0697. The number of fused-ring (bicyclic) bond motifs is 3. The van der Waals surface area contributed by atoms with Crippen LogP contribution in [0.15, 0.2) is 30.7 Å². The summed E-state index contributed by atoms with van der Waals surface area (Å²) in [5, 5.41) is 18.2. The summed E-state index contributed by atoms with van der Waals surface area (Å²) in [4.78, 5) is 15.6. The van der Waals surface area contributed by atoms with Crippen LogP contribution >= 0.6 is 0 Å². The molecule has 128 valence electrons. The van der Waals surface area contributed by atoms with Crippen LogP contribution in [0.5, 0.6) is 5.75 Å². The number of benzene rings is 1. The van der Waals surface area contributed by atoms with E-state index in [2.05, 4.69) is 15.2 Å². The molecule has 1 aromatic carbocycles. The monoisotopic (exact) mass is 339 g/mol. The lowest BCUT2D eigenvalue weighted by atomic mass is 10.0. The molecule has 1 aliphatic rings. The van der Waals surface area contributed by atoms with Crippen LogP contribution in [-0.4, -0.2) is 42.2 Å². The van der Waals surface area contributed by atoms with Crippen molar-refractivity contribution in [1.82, 2.24) is 24.5 Å². The number of hydrogen-bond acceptors (Lipinski definition) is 5. The van der Waals surface area contributed by atoms with E-state index >= 15 is 0 Å². The lowest BCUT2D eigenvalue weighted by Crippen LogP contribution is -2.11. The second-order valence-corrected chi connectivity index (χ2v) is 6.16. The number of hydrogen-bond donors (Lipinski definition) is 1. The SMILES string of the molecule is CC(C)n1ncnc1-n1cc2c(n1)-c1cc(C(=O)O)ccc1OCC2. The van der Waals surface area contributed by atoms with Gasteiger partial charge in [0.15, 0.2) is 0 Å². The van der Waals surface area contributed by atoms with Gasteiger partial charge in [-0.05, 0) is 32.0 Å². The Kier molecular flexibility index (Phi) is 3.52. The van der Waals surface area contributed by atoms with Gasteiger partial charge in [-0.15, -0.1) is 0 Å². The van der Waals surface area contributed by atoms with Crippen LogP contribution in [-0.2, 0) is 6.42 Å². The Balaban J connectivity index is 1.87. The minimum Gasteiger partial charge on any atom is -0.493 e. The predicted molar refractivity (Wildman–Crippen MR) is 89.1 cm³/mol. The fourth-order valence-corrected chi connectivity index (χ4v) is 2.94. The van der Waals surface area contributed by atoms with Crippen LogP contribution in [0.1, 0.15) is 35.8 Å². The maximum atomic E-state index is 11.3. The second-order valence-electron chi connectivity index (χ2n) is 6.16. The Bertz CT molecular complexity index is 957. The highest BCUT2D eigenvalue weighted by molar-refractivity contribution is 5.90. The van der Waals surface area contributed by atoms with Crippen LogP contribution in [0, 0.1) is 0 Å². The summed E-state index contributed by atoms with van der Waals surface area (Å²) in [6.07, 6.45) is 4.09. The molecule has 2 aromatic heterocycles. The molecule has 0 saturated heterocycles. The van der Waals surface area contributed by atoms with Crippen molar-refractivity contribution in [3.8, 4) is 23.0 Å². The molecular formula is C17H17N5O3. The van der Waals surface area contributed by atoms with Crippen molar-refractivity contribution in [3.05, 3.63) is 41.9 Å². The average Bonchev–Trinajstić information content (AvgIpc) is 3.18. The molecule has 25 heavy (non-hydrogen) atoms. The van der Waals surface area contributed by atoms with Crippen molar-refractivity contribution >= 4 is 5.97 Å². The molecule has 4 rings (SSSR count). The number of carboxylic acid groups (broad SMARTS) is 1. The van der Waals surface area contributed by atoms with Gasteiger partial charge < -0.3 is 9.84 Å². The van der Waals surface area contributed by atoms with Crippen molar-refractivity contribution < 1.29 is 14.6 Å². The first-order valence-electron chi connectivity index (χ1n) is 8.03. The average molecular weight is 339 g/mol. The zero-order valence-electron chi connectivity index (χ0n) is 13.9. The third-order valence-corrected chi connectivity index (χ3v) is 4.15. The van der Waals surface area contributed by atoms with E-state index in [0.717, 1.165) is 5.56 Å². The van der Waals surface area contributed by atoms with Crippen molar-refractivity contribution in [2.45, 2.75) is 26.3 Å². The van der Waals surface area contributed by atoms with Crippen molar-refractivity contribution in [2.75, 3.05) is 6.61 Å². The van der Waals surface area contributed by atoms with Crippen LogP contribution < -0.4 is 4.74 Å². The molecule has 0 saturated carbocycles. The van der Waals surface area contributed by atoms with Gasteiger partial charge in [-0.1, -0.05) is 0 Å². The lowest BCUT2D eigenvalue weighted by Gasteiger charge is -2.09. The number of carboxylic acids is 1. The maximum absolute atomic E-state index is 11.3. The summed E-state index contributed by atoms with van der Waals surface area (Å²) in [5.74, 6) is 0.284. The number of rotatable bonds is 3. The fraction of sp³-hybridized carbons (Fsp3) is 0.294. The Labute approximate surface area is 143 Å². The maximum Gasteiger partial charge on any atom is 0.335 e. The van der Waals surface area contributed by atoms with Gasteiger partial charge in [-0.25, -0.2) is 14.2 Å². The van der Waals surface area contributed by atoms with E-state index in [1.54, 1.807) is 27.6 Å². The van der Waals surface area contributed by atoms with Crippen LogP contribution in [0.4, 0.5) is 0 Å². The Hall–Kier alpha value is -3.16. The predicted octanol–water partition coefficient (Wildman–Crippen LogP) is 2.34. The van der Waals surface area contributed by atoms with Gasteiger partial charge >= 0.3 is 5.97 Å². The van der Waals surface area contributed by atoms with E-state index in [9.17, 15) is 9.90 Å². The molecule has 0 fully saturated rings. The zero-order chi connectivity index (χ0) is 17.6. The van der Waals surface area contributed by atoms with E-state index < -0.39 is 5.97 Å². The standard InChI is InChI=1S/C17H17N5O3/c1-10(2)22-17(18-9-19-22)21-8-12-5-6-25-14-4-3-11(16(23)24)7-13(14)15(12)20-21/h3-4,7-10H,5-6H2,1-2H3,(H,23,24). The van der Waals surface area contributed by atoms with Crippen molar-refractivity contribution in [3.63, 3.8) is 0 Å². The topological polar surface area (TPSA) is 95.1 Å². The summed E-state index contributed by atoms with van der Waals surface area (Å²) in [5.41, 5.74) is 2.59. The number of aromatic nitrogens is 5. The van der Waals surface area contributed by atoms with Gasteiger partial charge in [0.2, 0.25) is 5.95 Å². The highest BCUT2D eigenvalue weighted by atomic mass is 16.5. The number of carbonyl (C=O) groups is 1. The zero-order valence-corrected chi connectivity index (χ0v) is 13.9. The van der Waals surface area contributed by atoms with Gasteiger partial charge in [0, 0.05) is 23.7 Å². The van der Waals surface area contributed by atoms with Gasteiger partial charge in [-0.3, -0.25) is 0 Å². The Morgan fingerprint density at radius 2 is 2.20 bits per heavy atom. The summed E-state index contributed by atoms with van der Waals surface area (Å²) in [6, 6.07) is 4.98. The van der Waals surface area contributed by atoms with Gasteiger partial charge in [0.1, 0.15) is 12.1 Å². The molecule has 0 amide bonds. The first-order valence-corrected chi connectivity index (χ1v) is 8.03. The molecular weight excluding hydrogens is 322 g/mol. The number of aromatic carboxylic acids is 1. The van der Waals surface area contributed by atoms with Crippen LogP contribution in [0.25, 0.3) is 17.2 Å². The largest absolute Gasteiger partial charge is 0.493 e. The molecule has 0 spiro atoms. The van der Waals surface area contributed by atoms with E-state index in [1.807, 2.05) is 20.0 Å². The quantitative estimate of drug-likeness (QED) is 0.787. The van der Waals surface area contributed by atoms with E-state index in [4.69, 9.17) is 4.74 Å². The summed E-state index contributed by atoms with van der Waals surface area (Å²) < 4.78 is 9.22. The third kappa shape index (κ3) is 2.55. The minimum absolute atomic E-state index is 0.149. The first kappa shape index (κ1) is 15.4. The minimum atomic E-state index is -0.979. The molecule has 8 heteroatoms. The smallest absolute Gasteiger partial charge is 0.335 e. The van der Waals surface area contributed by atoms with E-state index in [1.165, 1.54) is 6.33 Å². The normalized spacial score (nSPS) is 13.1. The molecule has 0 bridgehead atoms. The first-order chi connectivity index (χ1) is 12.0. The molecule has 3 heterocycles. The van der Waals surface area contributed by atoms with Gasteiger partial charge in [0.05, 0.1) is 23.9 Å². The molecule has 0 unspecified atom stereocenters. The van der Waals surface area contributed by atoms with Crippen LogP contribution in [0.2, 0.25) is 0 Å². The van der Waals surface area contributed by atoms with Crippen molar-refractivity contribution in [2.24, 2.45) is 0 Å². The highest BCUT2D eigenvalue weighted by Gasteiger charge is 2.22. The second kappa shape index (κ2) is 5.73. The van der Waals surface area contributed by atoms with E-state index in [0.29, 0.717) is 36.0 Å². The molecule has 0 radical (unpaired) electrons. The van der Waals surface area contributed by atoms with Crippen molar-refractivity contribution in [1.29, 1.82) is 0 Å². The summed E-state index contributed by atoms with van der Waals surface area (Å²) in [7, 11) is 0. The third-order valence-electron chi connectivity index (χ3n) is 4.15. The summed E-state index contributed by atoms with van der Waals surface area (Å²) in [6.45, 7) is 4.55. The van der Waals surface area contributed by atoms with Gasteiger partial charge in [0.25, 0.3) is 0 Å². The number of nitrogens with zero attached hydrogens (tertiary/aromatic N) is 5. The molecule has 0 atom stereocenters. The van der Waals surface area contributed by atoms with Gasteiger partial charge in [-0.2, -0.15) is 15.2 Å². The fourth-order valence-electron chi connectivity index (χ4n) is 2.94. The molecule has 3 aromatic rings.